The largest absolute Gasteiger partial charge is 0.488 e. The van der Waals surface area contributed by atoms with Gasteiger partial charge in [0.1, 0.15) is 16.7 Å². The van der Waals surface area contributed by atoms with Gasteiger partial charge in [-0.05, 0) is 50.5 Å². The summed E-state index contributed by atoms with van der Waals surface area (Å²) in [5.74, 6) is 0.560. The van der Waals surface area contributed by atoms with E-state index < -0.39 is 6.10 Å². The van der Waals surface area contributed by atoms with Crippen LogP contribution >= 0.6 is 11.3 Å². The molecular weight excluding hydrogens is 312 g/mol. The van der Waals surface area contributed by atoms with Gasteiger partial charge >= 0.3 is 0 Å². The van der Waals surface area contributed by atoms with Crippen molar-refractivity contribution in [3.63, 3.8) is 0 Å². The molecule has 1 aliphatic rings. The Morgan fingerprint density at radius 3 is 2.70 bits per heavy atom. The smallest absolute Gasteiger partial charge is 0.267 e. The Bertz CT molecular complexity index is 669. The molecular formula is C17H20N2O3S. The monoisotopic (exact) mass is 332 g/mol. The zero-order valence-corrected chi connectivity index (χ0v) is 13.8. The molecule has 1 aromatic carbocycles. The molecule has 1 heterocycles. The predicted octanol–water partition coefficient (Wildman–Crippen LogP) is 3.39. The van der Waals surface area contributed by atoms with Crippen molar-refractivity contribution in [3.05, 3.63) is 40.3 Å². The highest BCUT2D eigenvalue weighted by molar-refractivity contribution is 7.12. The van der Waals surface area contributed by atoms with Crippen LogP contribution < -0.4 is 10.1 Å². The van der Waals surface area contributed by atoms with Gasteiger partial charge in [-0.1, -0.05) is 6.42 Å². The Morgan fingerprint density at radius 2 is 2.04 bits per heavy atom. The molecule has 6 heteroatoms. The second-order valence-electron chi connectivity index (χ2n) is 5.75. The Balaban J connectivity index is 1.61. The van der Waals surface area contributed by atoms with E-state index in [0.717, 1.165) is 31.4 Å². The molecule has 0 aliphatic heterocycles. The van der Waals surface area contributed by atoms with Gasteiger partial charge in [-0.25, -0.2) is 4.98 Å². The van der Waals surface area contributed by atoms with E-state index in [9.17, 15) is 9.90 Å². The predicted molar refractivity (Wildman–Crippen MR) is 90.1 cm³/mol. The third kappa shape index (κ3) is 3.89. The van der Waals surface area contributed by atoms with Crippen LogP contribution in [0.5, 0.6) is 5.75 Å². The summed E-state index contributed by atoms with van der Waals surface area (Å²) < 4.78 is 5.85. The molecule has 1 aromatic heterocycles. The van der Waals surface area contributed by atoms with Crippen molar-refractivity contribution >= 4 is 22.9 Å². The molecule has 2 aromatic rings. The topological polar surface area (TPSA) is 71.5 Å². The lowest BCUT2D eigenvalue weighted by molar-refractivity contribution is 0.00688. The summed E-state index contributed by atoms with van der Waals surface area (Å²) in [6, 6.07) is 7.24. The molecule has 2 atom stereocenters. The summed E-state index contributed by atoms with van der Waals surface area (Å²) >= 11 is 1.33. The maximum Gasteiger partial charge on any atom is 0.267 e. The lowest BCUT2D eigenvalue weighted by Crippen LogP contribution is -2.34. The zero-order chi connectivity index (χ0) is 16.2. The SMILES string of the molecule is Cc1ncsc1C(=O)Nc1ccc(O[C@@H]2CCCC[C@@H]2O)cc1. The minimum atomic E-state index is -0.391. The van der Waals surface area contributed by atoms with Gasteiger partial charge in [-0.15, -0.1) is 11.3 Å². The number of aryl methyl sites for hydroxylation is 1. The second kappa shape index (κ2) is 7.10. The van der Waals surface area contributed by atoms with E-state index in [2.05, 4.69) is 10.3 Å². The van der Waals surface area contributed by atoms with E-state index in [1.807, 2.05) is 19.1 Å². The van der Waals surface area contributed by atoms with Crippen LogP contribution in [0.2, 0.25) is 0 Å². The minimum Gasteiger partial charge on any atom is -0.488 e. The van der Waals surface area contributed by atoms with Gasteiger partial charge in [-0.3, -0.25) is 4.79 Å². The normalized spacial score (nSPS) is 21.0. The molecule has 0 saturated heterocycles. The number of ether oxygens (including phenoxy) is 1. The number of aromatic nitrogens is 1. The van der Waals surface area contributed by atoms with E-state index in [1.54, 1.807) is 17.6 Å². The Labute approximate surface area is 139 Å². The molecule has 0 bridgehead atoms. The molecule has 5 nitrogen and oxygen atoms in total. The average molecular weight is 332 g/mol. The minimum absolute atomic E-state index is 0.135. The van der Waals surface area contributed by atoms with E-state index in [1.165, 1.54) is 11.3 Å². The molecule has 0 unspecified atom stereocenters. The zero-order valence-electron chi connectivity index (χ0n) is 13.0. The van der Waals surface area contributed by atoms with Crippen LogP contribution in [0.4, 0.5) is 5.69 Å². The molecule has 3 rings (SSSR count). The number of carbonyl (C=O) groups excluding carboxylic acids is 1. The van der Waals surface area contributed by atoms with Crippen molar-refractivity contribution in [2.24, 2.45) is 0 Å². The fourth-order valence-corrected chi connectivity index (χ4v) is 3.41. The molecule has 1 amide bonds. The van der Waals surface area contributed by atoms with Crippen LogP contribution in [0.25, 0.3) is 0 Å². The van der Waals surface area contributed by atoms with Gasteiger partial charge < -0.3 is 15.2 Å². The summed E-state index contributed by atoms with van der Waals surface area (Å²) in [5, 5.41) is 12.8. The highest BCUT2D eigenvalue weighted by Crippen LogP contribution is 2.25. The fourth-order valence-electron chi connectivity index (χ4n) is 2.71. The van der Waals surface area contributed by atoms with Gasteiger partial charge in [0.25, 0.3) is 5.91 Å². The quantitative estimate of drug-likeness (QED) is 0.900. The second-order valence-corrected chi connectivity index (χ2v) is 6.61. The highest BCUT2D eigenvalue weighted by Gasteiger charge is 2.24. The number of amides is 1. The van der Waals surface area contributed by atoms with Gasteiger partial charge in [0.2, 0.25) is 0 Å². The lowest BCUT2D eigenvalue weighted by Gasteiger charge is -2.28. The molecule has 122 valence electrons. The number of carbonyl (C=O) groups is 1. The van der Waals surface area contributed by atoms with Gasteiger partial charge in [-0.2, -0.15) is 0 Å². The number of aliphatic hydroxyl groups excluding tert-OH is 1. The van der Waals surface area contributed by atoms with Crippen molar-refractivity contribution in [1.82, 2.24) is 4.98 Å². The van der Waals surface area contributed by atoms with Crippen LogP contribution in [-0.4, -0.2) is 28.2 Å². The van der Waals surface area contributed by atoms with Crippen molar-refractivity contribution in [1.29, 1.82) is 0 Å². The van der Waals surface area contributed by atoms with Crippen molar-refractivity contribution in [2.45, 2.75) is 44.8 Å². The number of hydrogen-bond acceptors (Lipinski definition) is 5. The molecule has 1 aliphatic carbocycles. The molecule has 23 heavy (non-hydrogen) atoms. The number of hydrogen-bond donors (Lipinski definition) is 2. The summed E-state index contributed by atoms with van der Waals surface area (Å²) in [7, 11) is 0. The highest BCUT2D eigenvalue weighted by atomic mass is 32.1. The van der Waals surface area contributed by atoms with Crippen LogP contribution in [0.15, 0.2) is 29.8 Å². The number of aliphatic hydroxyl groups is 1. The number of rotatable bonds is 4. The maximum atomic E-state index is 12.1. The van der Waals surface area contributed by atoms with Gasteiger partial charge in [0, 0.05) is 5.69 Å². The van der Waals surface area contributed by atoms with Crippen LogP contribution in [0.3, 0.4) is 0 Å². The molecule has 0 radical (unpaired) electrons. The van der Waals surface area contributed by atoms with Crippen LogP contribution in [0.1, 0.15) is 41.0 Å². The molecule has 2 N–H and O–H groups in total. The van der Waals surface area contributed by atoms with Crippen molar-refractivity contribution in [3.8, 4) is 5.75 Å². The lowest BCUT2D eigenvalue weighted by atomic mass is 9.95. The number of anilines is 1. The van der Waals surface area contributed by atoms with Gasteiger partial charge in [0.15, 0.2) is 0 Å². The van der Waals surface area contributed by atoms with E-state index in [-0.39, 0.29) is 12.0 Å². The van der Waals surface area contributed by atoms with E-state index in [4.69, 9.17) is 4.74 Å². The third-order valence-corrected chi connectivity index (χ3v) is 4.95. The Morgan fingerprint density at radius 1 is 1.30 bits per heavy atom. The third-order valence-electron chi connectivity index (χ3n) is 4.02. The van der Waals surface area contributed by atoms with Crippen molar-refractivity contribution in [2.75, 3.05) is 5.32 Å². The number of benzene rings is 1. The van der Waals surface area contributed by atoms with Crippen LogP contribution in [-0.2, 0) is 0 Å². The number of nitrogens with zero attached hydrogens (tertiary/aromatic N) is 1. The van der Waals surface area contributed by atoms with E-state index in [0.29, 0.717) is 16.3 Å². The van der Waals surface area contributed by atoms with E-state index >= 15 is 0 Å². The van der Waals surface area contributed by atoms with Gasteiger partial charge in [0.05, 0.1) is 17.3 Å². The Kier molecular flexibility index (Phi) is 4.93. The standard InChI is InChI=1S/C17H20N2O3S/c1-11-16(23-10-18-11)17(21)19-12-6-8-13(9-7-12)22-15-5-3-2-4-14(15)20/h6-10,14-15,20H,2-5H2,1H3,(H,19,21)/t14-,15+/m0/s1. The summed E-state index contributed by atoms with van der Waals surface area (Å²) in [6.07, 6.45) is 3.30. The Hall–Kier alpha value is -1.92. The maximum absolute atomic E-state index is 12.1. The molecule has 0 spiro atoms. The molecule has 1 fully saturated rings. The molecule has 1 saturated carbocycles. The number of nitrogens with one attached hydrogen (secondary N) is 1. The first-order valence-electron chi connectivity index (χ1n) is 7.79. The summed E-state index contributed by atoms with van der Waals surface area (Å²) in [4.78, 5) is 16.8. The fraction of sp³-hybridized carbons (Fsp3) is 0.412. The first-order chi connectivity index (χ1) is 11.1. The first-order valence-corrected chi connectivity index (χ1v) is 8.67. The number of thiazole rings is 1. The van der Waals surface area contributed by atoms with Crippen molar-refractivity contribution < 1.29 is 14.6 Å². The van der Waals surface area contributed by atoms with Crippen LogP contribution in [0, 0.1) is 6.92 Å². The summed E-state index contributed by atoms with van der Waals surface area (Å²) in [6.45, 7) is 1.82. The first kappa shape index (κ1) is 16.0. The average Bonchev–Trinajstić information content (AvgIpc) is 2.98. The summed E-state index contributed by atoms with van der Waals surface area (Å²) in [5.41, 5.74) is 3.11.